The summed E-state index contributed by atoms with van der Waals surface area (Å²) < 4.78 is 5.09. The van der Waals surface area contributed by atoms with E-state index in [-0.39, 0.29) is 5.78 Å². The third-order valence-corrected chi connectivity index (χ3v) is 4.02. The van der Waals surface area contributed by atoms with Gasteiger partial charge in [-0.1, -0.05) is 18.6 Å². The maximum Gasteiger partial charge on any atom is 0.141 e. The second-order valence-electron chi connectivity index (χ2n) is 5.22. The van der Waals surface area contributed by atoms with E-state index in [2.05, 4.69) is 0 Å². The maximum absolute atomic E-state index is 12.1. The van der Waals surface area contributed by atoms with E-state index in [1.54, 1.807) is 7.11 Å². The highest BCUT2D eigenvalue weighted by atomic mass is 16.5. The van der Waals surface area contributed by atoms with E-state index in [9.17, 15) is 9.90 Å². The van der Waals surface area contributed by atoms with Crippen LogP contribution in [0.4, 0.5) is 0 Å². The molecule has 0 bridgehead atoms. The van der Waals surface area contributed by atoms with Crippen LogP contribution in [0.25, 0.3) is 0 Å². The molecule has 0 amide bonds. The number of hydrogen-bond donors (Lipinski definition) is 1. The monoisotopic (exact) mass is 248 g/mol. The van der Waals surface area contributed by atoms with Gasteiger partial charge in [0, 0.05) is 6.42 Å². The van der Waals surface area contributed by atoms with Crippen molar-refractivity contribution in [1.82, 2.24) is 0 Å². The summed E-state index contributed by atoms with van der Waals surface area (Å²) in [4.78, 5) is 12.1. The molecule has 0 heterocycles. The van der Waals surface area contributed by atoms with Gasteiger partial charge in [-0.05, 0) is 37.5 Å². The molecule has 1 N–H and O–H groups in total. The Kier molecular flexibility index (Phi) is 3.71. The molecule has 1 fully saturated rings. The molecule has 0 spiro atoms. The maximum atomic E-state index is 12.1. The van der Waals surface area contributed by atoms with Crippen LogP contribution in [-0.4, -0.2) is 18.0 Å². The molecule has 2 rings (SSSR count). The van der Waals surface area contributed by atoms with Crippen molar-refractivity contribution in [3.63, 3.8) is 0 Å². The smallest absolute Gasteiger partial charge is 0.141 e. The highest BCUT2D eigenvalue weighted by Gasteiger charge is 2.42. The molecule has 1 saturated carbocycles. The second-order valence-corrected chi connectivity index (χ2v) is 5.22. The number of aliphatic hydroxyl groups excluding tert-OH is 1. The minimum absolute atomic E-state index is 0.178. The molecule has 98 valence electrons. The number of hydrogen-bond acceptors (Lipinski definition) is 3. The lowest BCUT2D eigenvalue weighted by atomic mass is 9.69. The largest absolute Gasteiger partial charge is 0.497 e. The fourth-order valence-corrected chi connectivity index (χ4v) is 2.65. The van der Waals surface area contributed by atoms with Crippen LogP contribution in [0.5, 0.6) is 5.75 Å². The van der Waals surface area contributed by atoms with E-state index >= 15 is 0 Å². The van der Waals surface area contributed by atoms with Crippen LogP contribution < -0.4 is 4.74 Å². The lowest BCUT2D eigenvalue weighted by Gasteiger charge is -2.36. The summed E-state index contributed by atoms with van der Waals surface area (Å²) in [6.45, 7) is 1.88. The molecule has 0 saturated heterocycles. The van der Waals surface area contributed by atoms with Gasteiger partial charge in [0.25, 0.3) is 0 Å². The molecule has 2 atom stereocenters. The van der Waals surface area contributed by atoms with Crippen LogP contribution in [-0.2, 0) is 4.79 Å². The predicted molar refractivity (Wildman–Crippen MR) is 69.5 cm³/mol. The van der Waals surface area contributed by atoms with Crippen LogP contribution in [0.2, 0.25) is 0 Å². The standard InChI is InChI=1S/C15H20O3/c1-15(10-4-3-5-13(15)16)14(17)11-6-8-12(18-2)9-7-11/h6-9,14,17H,3-5,10H2,1-2H3/t14-,15-/m0/s1. The zero-order chi connectivity index (χ0) is 13.2. The zero-order valence-corrected chi connectivity index (χ0v) is 11.0. The van der Waals surface area contributed by atoms with Gasteiger partial charge in [-0.3, -0.25) is 4.79 Å². The molecule has 1 aliphatic rings. The van der Waals surface area contributed by atoms with Crippen LogP contribution >= 0.6 is 0 Å². The summed E-state index contributed by atoms with van der Waals surface area (Å²) in [5.41, 5.74) is 0.154. The number of Topliss-reactive ketones (excluding diaryl/α,β-unsaturated/α-hetero) is 1. The fourth-order valence-electron chi connectivity index (χ4n) is 2.65. The number of ether oxygens (including phenoxy) is 1. The Hall–Kier alpha value is -1.35. The lowest BCUT2D eigenvalue weighted by molar-refractivity contribution is -0.138. The molecule has 18 heavy (non-hydrogen) atoms. The van der Waals surface area contributed by atoms with E-state index in [1.807, 2.05) is 31.2 Å². The van der Waals surface area contributed by atoms with Crippen LogP contribution in [0.3, 0.4) is 0 Å². The van der Waals surface area contributed by atoms with E-state index in [0.29, 0.717) is 6.42 Å². The minimum Gasteiger partial charge on any atom is -0.497 e. The lowest BCUT2D eigenvalue weighted by Crippen LogP contribution is -2.37. The van der Waals surface area contributed by atoms with Crippen molar-refractivity contribution >= 4 is 5.78 Å². The highest BCUT2D eigenvalue weighted by Crippen LogP contribution is 2.43. The molecule has 1 aromatic rings. The van der Waals surface area contributed by atoms with E-state index in [1.165, 1.54) is 0 Å². The summed E-state index contributed by atoms with van der Waals surface area (Å²) in [7, 11) is 1.61. The third kappa shape index (κ3) is 2.27. The Morgan fingerprint density at radius 3 is 2.50 bits per heavy atom. The van der Waals surface area contributed by atoms with Crippen molar-refractivity contribution in [3.8, 4) is 5.75 Å². The van der Waals surface area contributed by atoms with Gasteiger partial charge in [-0.25, -0.2) is 0 Å². The van der Waals surface area contributed by atoms with E-state index < -0.39 is 11.5 Å². The molecule has 1 aromatic carbocycles. The Balaban J connectivity index is 2.23. The number of aliphatic hydroxyl groups is 1. The van der Waals surface area contributed by atoms with Gasteiger partial charge in [-0.2, -0.15) is 0 Å². The Morgan fingerprint density at radius 1 is 1.28 bits per heavy atom. The van der Waals surface area contributed by atoms with E-state index in [4.69, 9.17) is 4.74 Å². The quantitative estimate of drug-likeness (QED) is 0.894. The molecule has 0 radical (unpaired) electrons. The Morgan fingerprint density at radius 2 is 1.94 bits per heavy atom. The zero-order valence-electron chi connectivity index (χ0n) is 11.0. The SMILES string of the molecule is COc1ccc([C@H](O)[C@@]2(C)CCCCC2=O)cc1. The van der Waals surface area contributed by atoms with Gasteiger partial charge in [0.2, 0.25) is 0 Å². The number of rotatable bonds is 3. The number of carbonyl (C=O) groups excluding carboxylic acids is 1. The molecule has 3 heteroatoms. The summed E-state index contributed by atoms with van der Waals surface area (Å²) in [5, 5.41) is 10.5. The predicted octanol–water partition coefficient (Wildman–Crippen LogP) is 2.88. The van der Waals surface area contributed by atoms with Crippen LogP contribution in [0.15, 0.2) is 24.3 Å². The van der Waals surface area contributed by atoms with Gasteiger partial charge in [-0.15, -0.1) is 0 Å². The molecule has 1 aliphatic carbocycles. The Labute approximate surface area is 108 Å². The highest BCUT2D eigenvalue weighted by molar-refractivity contribution is 5.85. The molecule has 0 unspecified atom stereocenters. The van der Waals surface area contributed by atoms with Crippen LogP contribution in [0, 0.1) is 5.41 Å². The molecule has 0 aromatic heterocycles. The average Bonchev–Trinajstić information content (AvgIpc) is 2.41. The first-order valence-electron chi connectivity index (χ1n) is 6.43. The van der Waals surface area contributed by atoms with Gasteiger partial charge in [0.05, 0.1) is 18.6 Å². The van der Waals surface area contributed by atoms with E-state index in [0.717, 1.165) is 30.6 Å². The molecular formula is C15H20O3. The summed E-state index contributed by atoms with van der Waals surface area (Å²) >= 11 is 0. The summed E-state index contributed by atoms with van der Waals surface area (Å²) in [6.07, 6.45) is 2.58. The second kappa shape index (κ2) is 5.11. The Bertz CT molecular complexity index is 424. The molecule has 0 aliphatic heterocycles. The van der Waals surface area contributed by atoms with Gasteiger partial charge in [0.1, 0.15) is 11.5 Å². The van der Waals surface area contributed by atoms with Crippen molar-refractivity contribution in [1.29, 1.82) is 0 Å². The fraction of sp³-hybridized carbons (Fsp3) is 0.533. The first-order valence-corrected chi connectivity index (χ1v) is 6.43. The van der Waals surface area contributed by atoms with Gasteiger partial charge < -0.3 is 9.84 Å². The average molecular weight is 248 g/mol. The number of methoxy groups -OCH3 is 1. The topological polar surface area (TPSA) is 46.5 Å². The van der Waals surface area contributed by atoms with Gasteiger partial charge >= 0.3 is 0 Å². The van der Waals surface area contributed by atoms with Crippen molar-refractivity contribution in [2.75, 3.05) is 7.11 Å². The van der Waals surface area contributed by atoms with Crippen molar-refractivity contribution in [2.24, 2.45) is 5.41 Å². The molecule has 3 nitrogen and oxygen atoms in total. The number of benzene rings is 1. The van der Waals surface area contributed by atoms with Gasteiger partial charge in [0.15, 0.2) is 0 Å². The summed E-state index contributed by atoms with van der Waals surface area (Å²) in [6, 6.07) is 7.29. The number of carbonyl (C=O) groups is 1. The molecular weight excluding hydrogens is 228 g/mol. The van der Waals surface area contributed by atoms with Crippen molar-refractivity contribution < 1.29 is 14.6 Å². The first kappa shape index (κ1) is 13.1. The summed E-state index contributed by atoms with van der Waals surface area (Å²) in [5.74, 6) is 0.933. The number of ketones is 1. The van der Waals surface area contributed by atoms with Crippen LogP contribution in [0.1, 0.15) is 44.3 Å². The third-order valence-electron chi connectivity index (χ3n) is 4.02. The normalized spacial score (nSPS) is 25.8. The van der Waals surface area contributed by atoms with Crippen molar-refractivity contribution in [2.45, 2.75) is 38.7 Å². The minimum atomic E-state index is -0.726. The van der Waals surface area contributed by atoms with Crippen molar-refractivity contribution in [3.05, 3.63) is 29.8 Å². The first-order chi connectivity index (χ1) is 8.58.